The van der Waals surface area contributed by atoms with Crippen LogP contribution in [0.4, 0.5) is 0 Å². The maximum Gasteiger partial charge on any atom is 0.337 e. The third-order valence-corrected chi connectivity index (χ3v) is 4.12. The minimum absolute atomic E-state index is 0.265. The van der Waals surface area contributed by atoms with Crippen molar-refractivity contribution in [3.8, 4) is 0 Å². The highest BCUT2D eigenvalue weighted by Gasteiger charge is 2.33. The molecule has 0 spiro atoms. The molecule has 1 fully saturated rings. The predicted molar refractivity (Wildman–Crippen MR) is 71.6 cm³/mol. The summed E-state index contributed by atoms with van der Waals surface area (Å²) in [5, 5.41) is 0. The van der Waals surface area contributed by atoms with Gasteiger partial charge in [-0.05, 0) is 55.5 Å². The van der Waals surface area contributed by atoms with Crippen molar-refractivity contribution in [2.24, 2.45) is 5.73 Å². The Kier molecular flexibility index (Phi) is 3.44. The topological polar surface area (TPSA) is 52.3 Å². The van der Waals surface area contributed by atoms with Gasteiger partial charge in [-0.25, -0.2) is 4.79 Å². The molecule has 0 bridgehead atoms. The Hall–Kier alpha value is -1.35. The summed E-state index contributed by atoms with van der Waals surface area (Å²) in [6, 6.07) is 3.79. The lowest BCUT2D eigenvalue weighted by Crippen LogP contribution is -2.34. The largest absolute Gasteiger partial charge is 0.465 e. The first-order valence-electron chi connectivity index (χ1n) is 6.47. The summed E-state index contributed by atoms with van der Waals surface area (Å²) in [4.78, 5) is 11.7. The summed E-state index contributed by atoms with van der Waals surface area (Å²) in [6.45, 7) is 4.10. The Morgan fingerprint density at radius 3 is 2.44 bits per heavy atom. The molecule has 0 unspecified atom stereocenters. The average molecular weight is 247 g/mol. The van der Waals surface area contributed by atoms with Crippen LogP contribution in [0.3, 0.4) is 0 Å². The summed E-state index contributed by atoms with van der Waals surface area (Å²) >= 11 is 0. The molecule has 0 atom stereocenters. The van der Waals surface area contributed by atoms with Gasteiger partial charge in [-0.15, -0.1) is 0 Å². The fourth-order valence-corrected chi connectivity index (χ4v) is 2.89. The third kappa shape index (κ3) is 2.15. The van der Waals surface area contributed by atoms with Gasteiger partial charge in [-0.2, -0.15) is 0 Å². The van der Waals surface area contributed by atoms with Crippen LogP contribution < -0.4 is 5.73 Å². The van der Waals surface area contributed by atoms with E-state index in [1.165, 1.54) is 12.7 Å². The van der Waals surface area contributed by atoms with Gasteiger partial charge in [-0.3, -0.25) is 0 Å². The van der Waals surface area contributed by atoms with Crippen LogP contribution in [0.2, 0.25) is 0 Å². The monoisotopic (exact) mass is 247 g/mol. The van der Waals surface area contributed by atoms with Crippen LogP contribution in [0.1, 0.15) is 52.7 Å². The molecule has 1 aromatic carbocycles. The molecular weight excluding hydrogens is 226 g/mol. The van der Waals surface area contributed by atoms with E-state index in [1.54, 1.807) is 0 Å². The van der Waals surface area contributed by atoms with Crippen molar-refractivity contribution < 1.29 is 9.53 Å². The molecule has 1 aromatic rings. The number of carbonyl (C=O) groups excluding carboxylic acids is 1. The average Bonchev–Trinajstić information content (AvgIpc) is 2.79. The van der Waals surface area contributed by atoms with E-state index < -0.39 is 0 Å². The summed E-state index contributed by atoms with van der Waals surface area (Å²) in [5.41, 5.74) is 10.3. The van der Waals surface area contributed by atoms with Crippen LogP contribution in [0.15, 0.2) is 12.1 Å². The Labute approximate surface area is 108 Å². The molecule has 2 N–H and O–H groups in total. The smallest absolute Gasteiger partial charge is 0.337 e. The van der Waals surface area contributed by atoms with Crippen molar-refractivity contribution in [3.05, 3.63) is 34.4 Å². The van der Waals surface area contributed by atoms with Crippen LogP contribution in [0, 0.1) is 13.8 Å². The van der Waals surface area contributed by atoms with E-state index in [0.29, 0.717) is 5.56 Å². The first-order chi connectivity index (χ1) is 8.48. The minimum Gasteiger partial charge on any atom is -0.465 e. The molecule has 0 radical (unpaired) electrons. The highest BCUT2D eigenvalue weighted by Crippen LogP contribution is 2.39. The number of benzene rings is 1. The maximum atomic E-state index is 11.7. The Morgan fingerprint density at radius 1 is 1.28 bits per heavy atom. The first-order valence-corrected chi connectivity index (χ1v) is 6.47. The van der Waals surface area contributed by atoms with E-state index in [-0.39, 0.29) is 11.5 Å². The van der Waals surface area contributed by atoms with Crippen molar-refractivity contribution >= 4 is 5.97 Å². The van der Waals surface area contributed by atoms with E-state index in [4.69, 9.17) is 10.5 Å². The van der Waals surface area contributed by atoms with E-state index in [1.807, 2.05) is 19.1 Å². The van der Waals surface area contributed by atoms with Crippen molar-refractivity contribution in [2.75, 3.05) is 7.11 Å². The quantitative estimate of drug-likeness (QED) is 0.818. The zero-order valence-corrected chi connectivity index (χ0v) is 11.4. The van der Waals surface area contributed by atoms with E-state index in [2.05, 4.69) is 6.92 Å². The minimum atomic E-state index is -0.291. The van der Waals surface area contributed by atoms with Gasteiger partial charge in [0.25, 0.3) is 0 Å². The molecule has 98 valence electrons. The van der Waals surface area contributed by atoms with Gasteiger partial charge in [0.15, 0.2) is 0 Å². The Balaban J connectivity index is 2.52. The van der Waals surface area contributed by atoms with Crippen molar-refractivity contribution in [1.29, 1.82) is 0 Å². The third-order valence-electron chi connectivity index (χ3n) is 4.12. The Morgan fingerprint density at radius 2 is 1.89 bits per heavy atom. The van der Waals surface area contributed by atoms with Crippen LogP contribution in [0.25, 0.3) is 0 Å². The molecule has 18 heavy (non-hydrogen) atoms. The number of nitrogens with two attached hydrogens (primary N) is 1. The predicted octanol–water partition coefficient (Wildman–Crippen LogP) is 2.82. The van der Waals surface area contributed by atoms with Crippen LogP contribution in [-0.2, 0) is 10.3 Å². The van der Waals surface area contributed by atoms with Crippen LogP contribution in [-0.4, -0.2) is 13.1 Å². The van der Waals surface area contributed by atoms with E-state index in [9.17, 15) is 4.79 Å². The van der Waals surface area contributed by atoms with Crippen LogP contribution in [0.5, 0.6) is 0 Å². The van der Waals surface area contributed by atoms with Crippen molar-refractivity contribution in [1.82, 2.24) is 0 Å². The van der Waals surface area contributed by atoms with Gasteiger partial charge in [-0.1, -0.05) is 12.8 Å². The fraction of sp³-hybridized carbons (Fsp3) is 0.533. The van der Waals surface area contributed by atoms with Gasteiger partial charge in [0.1, 0.15) is 0 Å². The van der Waals surface area contributed by atoms with Crippen molar-refractivity contribution in [3.63, 3.8) is 0 Å². The summed E-state index contributed by atoms with van der Waals surface area (Å²) in [6.07, 6.45) is 4.32. The number of aryl methyl sites for hydroxylation is 1. The van der Waals surface area contributed by atoms with Gasteiger partial charge in [0.2, 0.25) is 0 Å². The van der Waals surface area contributed by atoms with Crippen molar-refractivity contribution in [2.45, 2.75) is 45.1 Å². The summed E-state index contributed by atoms with van der Waals surface area (Å²) in [7, 11) is 1.41. The fourth-order valence-electron chi connectivity index (χ4n) is 2.89. The molecule has 1 aliphatic carbocycles. The van der Waals surface area contributed by atoms with Gasteiger partial charge in [0, 0.05) is 5.54 Å². The molecule has 2 rings (SSSR count). The SMILES string of the molecule is COC(=O)c1cc(C)c(C)c(C2(N)CCCC2)c1. The van der Waals surface area contributed by atoms with E-state index >= 15 is 0 Å². The molecule has 0 amide bonds. The molecule has 0 aliphatic heterocycles. The first kappa shape index (κ1) is 13.1. The number of rotatable bonds is 2. The summed E-state index contributed by atoms with van der Waals surface area (Å²) < 4.78 is 4.80. The maximum absolute atomic E-state index is 11.7. The number of hydrogen-bond donors (Lipinski definition) is 1. The zero-order chi connectivity index (χ0) is 13.3. The molecule has 0 aromatic heterocycles. The lowest BCUT2D eigenvalue weighted by molar-refractivity contribution is 0.0600. The van der Waals surface area contributed by atoms with Gasteiger partial charge < -0.3 is 10.5 Å². The molecule has 0 saturated heterocycles. The molecule has 3 heteroatoms. The number of ether oxygens (including phenoxy) is 1. The molecule has 1 aliphatic rings. The summed E-state index contributed by atoms with van der Waals surface area (Å²) in [5.74, 6) is -0.291. The number of carbonyl (C=O) groups is 1. The number of esters is 1. The normalized spacial score (nSPS) is 17.8. The highest BCUT2D eigenvalue weighted by atomic mass is 16.5. The molecule has 1 saturated carbocycles. The molecular formula is C15H21NO2. The molecule has 3 nitrogen and oxygen atoms in total. The number of methoxy groups -OCH3 is 1. The second-order valence-electron chi connectivity index (χ2n) is 5.32. The van der Waals surface area contributed by atoms with Crippen LogP contribution >= 0.6 is 0 Å². The highest BCUT2D eigenvalue weighted by molar-refractivity contribution is 5.90. The molecule has 0 heterocycles. The lowest BCUT2D eigenvalue weighted by Gasteiger charge is -2.27. The second kappa shape index (κ2) is 4.73. The lowest BCUT2D eigenvalue weighted by atomic mass is 9.83. The second-order valence-corrected chi connectivity index (χ2v) is 5.32. The Bertz CT molecular complexity index is 474. The number of hydrogen-bond acceptors (Lipinski definition) is 3. The zero-order valence-electron chi connectivity index (χ0n) is 11.4. The standard InChI is InChI=1S/C15H21NO2/c1-10-8-12(14(17)18-3)9-13(11(10)2)15(16)6-4-5-7-15/h8-9H,4-7,16H2,1-3H3. The van der Waals surface area contributed by atoms with Gasteiger partial charge in [0.05, 0.1) is 12.7 Å². The van der Waals surface area contributed by atoms with E-state index in [0.717, 1.165) is 36.8 Å². The van der Waals surface area contributed by atoms with Gasteiger partial charge >= 0.3 is 5.97 Å².